The fourth-order valence-electron chi connectivity index (χ4n) is 3.10. The molecule has 0 aliphatic rings. The Bertz CT molecular complexity index is 1090. The van der Waals surface area contributed by atoms with Gasteiger partial charge >= 0.3 is 0 Å². The second kappa shape index (κ2) is 10.3. The molecule has 13 nitrogen and oxygen atoms in total. The number of nitrogens with two attached hydrogens (primary N) is 1. The van der Waals surface area contributed by atoms with Crippen molar-refractivity contribution in [3.63, 3.8) is 0 Å². The van der Waals surface area contributed by atoms with Crippen LogP contribution in [0.3, 0.4) is 0 Å². The van der Waals surface area contributed by atoms with E-state index in [0.29, 0.717) is 17.8 Å². The number of aromatic nitrogens is 5. The van der Waals surface area contributed by atoms with Gasteiger partial charge in [0.05, 0.1) is 11.9 Å². The monoisotopic (exact) mass is 443 g/mol. The van der Waals surface area contributed by atoms with Gasteiger partial charge in [-0.3, -0.25) is 9.69 Å². The molecule has 3 aromatic rings. The Morgan fingerprint density at radius 1 is 1.28 bits per heavy atom. The highest BCUT2D eigenvalue weighted by Gasteiger charge is 2.25. The second-order valence-electron chi connectivity index (χ2n) is 6.99. The van der Waals surface area contributed by atoms with Crippen LogP contribution in [0, 0.1) is 0 Å². The predicted molar refractivity (Wildman–Crippen MR) is 114 cm³/mol. The van der Waals surface area contributed by atoms with E-state index in [1.165, 1.54) is 29.1 Å². The van der Waals surface area contributed by atoms with Gasteiger partial charge in [-0.1, -0.05) is 19.1 Å². The minimum absolute atomic E-state index is 0.0152. The van der Waals surface area contributed by atoms with Crippen LogP contribution in [0.25, 0.3) is 5.82 Å². The first-order valence-electron chi connectivity index (χ1n) is 10.0. The van der Waals surface area contributed by atoms with Crippen molar-refractivity contribution in [2.75, 3.05) is 18.8 Å². The van der Waals surface area contributed by atoms with Gasteiger partial charge in [0.1, 0.15) is 11.5 Å². The minimum Gasteiger partial charge on any atom is -0.508 e. The fourth-order valence-corrected chi connectivity index (χ4v) is 3.10. The lowest BCUT2D eigenvalue weighted by Crippen LogP contribution is -2.28. The van der Waals surface area contributed by atoms with Gasteiger partial charge in [-0.15, -0.1) is 5.10 Å². The first-order chi connectivity index (χ1) is 15.4. The lowest BCUT2D eigenvalue weighted by Gasteiger charge is -2.21. The number of nitrogen functional groups attached to an aromatic ring is 1. The molecule has 1 aromatic carbocycles. The van der Waals surface area contributed by atoms with E-state index in [2.05, 4.69) is 54.5 Å². The number of hydrazone groups is 1. The number of aromatic hydroxyl groups is 2. The molecule has 0 aliphatic heterocycles. The Labute approximate surface area is 183 Å². The van der Waals surface area contributed by atoms with Crippen molar-refractivity contribution in [2.45, 2.75) is 33.2 Å². The summed E-state index contributed by atoms with van der Waals surface area (Å²) in [6.07, 6.45) is 3.10. The van der Waals surface area contributed by atoms with Crippen LogP contribution in [0.2, 0.25) is 0 Å². The van der Waals surface area contributed by atoms with Crippen LogP contribution in [0.4, 0.5) is 5.82 Å². The molecule has 0 saturated heterocycles. The molecule has 2 heterocycles. The van der Waals surface area contributed by atoms with Crippen molar-refractivity contribution < 1.29 is 19.6 Å². The molecule has 0 spiro atoms. The highest BCUT2D eigenvalue weighted by Crippen LogP contribution is 2.21. The van der Waals surface area contributed by atoms with Crippen molar-refractivity contribution in [1.29, 1.82) is 0 Å². The van der Waals surface area contributed by atoms with Crippen molar-refractivity contribution in [3.05, 3.63) is 35.2 Å². The molecule has 3 rings (SSSR count). The zero-order valence-corrected chi connectivity index (χ0v) is 17.8. The Kier molecular flexibility index (Phi) is 7.33. The van der Waals surface area contributed by atoms with Crippen molar-refractivity contribution in [1.82, 2.24) is 35.6 Å². The van der Waals surface area contributed by atoms with Crippen LogP contribution >= 0.6 is 0 Å². The van der Waals surface area contributed by atoms with Gasteiger partial charge in [0, 0.05) is 18.2 Å². The number of carbonyl (C=O) groups excluding carboxylic acids is 1. The van der Waals surface area contributed by atoms with Gasteiger partial charge in [-0.05, 0) is 48.4 Å². The molecule has 0 bridgehead atoms. The third-order valence-electron chi connectivity index (χ3n) is 4.51. The highest BCUT2D eigenvalue weighted by atomic mass is 16.6. The third kappa shape index (κ3) is 5.18. The number of amides is 1. The first kappa shape index (κ1) is 22.7. The zero-order chi connectivity index (χ0) is 23.1. The van der Waals surface area contributed by atoms with Crippen molar-refractivity contribution in [2.24, 2.45) is 5.10 Å². The van der Waals surface area contributed by atoms with Gasteiger partial charge < -0.3 is 15.9 Å². The molecular formula is C19H25N9O4. The number of rotatable bonds is 10. The quantitative estimate of drug-likeness (QED) is 0.261. The number of hydrogen-bond acceptors (Lipinski definition) is 11. The zero-order valence-electron chi connectivity index (χ0n) is 17.8. The Balaban J connectivity index is 1.87. The predicted octanol–water partition coefficient (Wildman–Crippen LogP) is 1.03. The standard InChI is InChI=1S/C19H25N9O4/c1-3-7-27(8-4-2)11-14-16(22-26-28(14)18-17(20)24-32-25-18)19(31)23-21-10-12-5-6-13(29)9-15(12)30/h5-6,9-10,29-30H,3-4,7-8,11H2,1-2H3,(H2,20,24)(H,23,31)/b21-10-. The Morgan fingerprint density at radius 2 is 2.03 bits per heavy atom. The van der Waals surface area contributed by atoms with Crippen LogP contribution in [0.1, 0.15) is 48.4 Å². The van der Waals surface area contributed by atoms with Crippen LogP contribution in [-0.2, 0) is 6.54 Å². The van der Waals surface area contributed by atoms with E-state index in [1.54, 1.807) is 0 Å². The van der Waals surface area contributed by atoms with Crippen molar-refractivity contribution in [3.8, 4) is 17.3 Å². The van der Waals surface area contributed by atoms with E-state index in [-0.39, 0.29) is 28.8 Å². The Hall–Kier alpha value is -4.00. The molecular weight excluding hydrogens is 418 g/mol. The second-order valence-corrected chi connectivity index (χ2v) is 6.99. The summed E-state index contributed by atoms with van der Waals surface area (Å²) in [6, 6.07) is 4.01. The van der Waals surface area contributed by atoms with Crippen molar-refractivity contribution >= 4 is 17.9 Å². The largest absolute Gasteiger partial charge is 0.508 e. The van der Waals surface area contributed by atoms with Gasteiger partial charge in [-0.2, -0.15) is 9.78 Å². The van der Waals surface area contributed by atoms with Crippen LogP contribution < -0.4 is 11.2 Å². The highest BCUT2D eigenvalue weighted by molar-refractivity contribution is 5.94. The smallest absolute Gasteiger partial charge is 0.293 e. The Morgan fingerprint density at radius 3 is 2.66 bits per heavy atom. The summed E-state index contributed by atoms with van der Waals surface area (Å²) in [5.41, 5.74) is 8.98. The minimum atomic E-state index is -0.608. The molecule has 5 N–H and O–H groups in total. The normalized spacial score (nSPS) is 11.5. The van der Waals surface area contributed by atoms with Crippen LogP contribution in [0.15, 0.2) is 27.9 Å². The maximum Gasteiger partial charge on any atom is 0.293 e. The SMILES string of the molecule is CCCN(CCC)Cc1c(C(=O)N/N=C\c2ccc(O)cc2O)nnn1-c1nonc1N. The molecule has 0 aliphatic carbocycles. The van der Waals surface area contributed by atoms with Crippen LogP contribution in [-0.4, -0.2) is 65.6 Å². The van der Waals surface area contributed by atoms with Crippen LogP contribution in [0.5, 0.6) is 11.5 Å². The maximum atomic E-state index is 12.8. The molecule has 0 fully saturated rings. The average Bonchev–Trinajstić information content (AvgIpc) is 3.35. The number of anilines is 1. The van der Waals surface area contributed by atoms with Gasteiger partial charge in [0.25, 0.3) is 5.91 Å². The first-order valence-corrected chi connectivity index (χ1v) is 10.0. The summed E-state index contributed by atoms with van der Waals surface area (Å²) in [5.74, 6) is -0.726. The van der Waals surface area contributed by atoms with E-state index in [4.69, 9.17) is 5.73 Å². The molecule has 0 saturated carbocycles. The third-order valence-corrected chi connectivity index (χ3v) is 4.51. The summed E-state index contributed by atoms with van der Waals surface area (Å²) in [6.45, 7) is 6.12. The van der Waals surface area contributed by atoms with Gasteiger partial charge in [-0.25, -0.2) is 10.1 Å². The molecule has 13 heteroatoms. The van der Waals surface area contributed by atoms with E-state index in [1.807, 2.05) is 0 Å². The summed E-state index contributed by atoms with van der Waals surface area (Å²) in [7, 11) is 0. The molecule has 1 amide bonds. The average molecular weight is 443 g/mol. The lowest BCUT2D eigenvalue weighted by atomic mass is 10.2. The number of nitrogens with one attached hydrogen (secondary N) is 1. The number of phenolic OH excluding ortho intramolecular Hbond substituents is 2. The summed E-state index contributed by atoms with van der Waals surface area (Å²) in [5, 5.41) is 38.4. The molecule has 0 atom stereocenters. The molecule has 0 radical (unpaired) electrons. The number of phenols is 2. The summed E-state index contributed by atoms with van der Waals surface area (Å²) < 4.78 is 5.99. The lowest BCUT2D eigenvalue weighted by molar-refractivity contribution is 0.0947. The number of nitrogens with zero attached hydrogens (tertiary/aromatic N) is 7. The fraction of sp³-hybridized carbons (Fsp3) is 0.368. The molecule has 0 unspecified atom stereocenters. The summed E-state index contributed by atoms with van der Waals surface area (Å²) in [4.78, 5) is 15.0. The van der Waals surface area contributed by atoms with Gasteiger partial charge in [0.15, 0.2) is 5.69 Å². The maximum absolute atomic E-state index is 12.8. The van der Waals surface area contributed by atoms with E-state index >= 15 is 0 Å². The number of carbonyl (C=O) groups is 1. The number of hydrogen-bond donors (Lipinski definition) is 4. The van der Waals surface area contributed by atoms with E-state index in [0.717, 1.165) is 25.9 Å². The van der Waals surface area contributed by atoms with Gasteiger partial charge in [0.2, 0.25) is 11.6 Å². The summed E-state index contributed by atoms with van der Waals surface area (Å²) >= 11 is 0. The van der Waals surface area contributed by atoms with E-state index < -0.39 is 5.91 Å². The molecule has 170 valence electrons. The van der Waals surface area contributed by atoms with E-state index in [9.17, 15) is 15.0 Å². The molecule has 2 aromatic heterocycles. The topological polar surface area (TPSA) is 181 Å². The number of benzene rings is 1. The molecule has 32 heavy (non-hydrogen) atoms.